The van der Waals surface area contributed by atoms with Crippen molar-refractivity contribution in [2.45, 2.75) is 57.5 Å². The van der Waals surface area contributed by atoms with Crippen molar-refractivity contribution >= 4 is 5.78 Å². The number of Topliss-reactive ketones (excluding diaryl/α,β-unsaturated/α-hetero) is 1. The van der Waals surface area contributed by atoms with E-state index in [0.717, 1.165) is 32.1 Å². The average Bonchev–Trinajstić information content (AvgIpc) is 2.51. The molecule has 0 radical (unpaired) electrons. The second kappa shape index (κ2) is 8.76. The molecule has 0 bridgehead atoms. The van der Waals surface area contributed by atoms with Gasteiger partial charge in [-0.3, -0.25) is 4.79 Å². The Balaban J connectivity index is 1.61. The number of ketones is 1. The molecule has 1 aromatic carbocycles. The molecule has 0 amide bonds. The normalized spacial score (nSPS) is 20.8. The molecule has 1 aromatic rings. The Morgan fingerprint density at radius 1 is 1.24 bits per heavy atom. The van der Waals surface area contributed by atoms with Gasteiger partial charge in [0.25, 0.3) is 0 Å². The Morgan fingerprint density at radius 2 is 2.05 bits per heavy atom. The van der Waals surface area contributed by atoms with Crippen LogP contribution in [0, 0.1) is 5.92 Å². The molecular weight excluding hydrogens is 263 g/mol. The highest BCUT2D eigenvalue weighted by atomic mass is 19.1. The van der Waals surface area contributed by atoms with E-state index >= 15 is 0 Å². The van der Waals surface area contributed by atoms with E-state index in [-0.39, 0.29) is 5.92 Å². The fourth-order valence-electron chi connectivity index (χ4n) is 2.91. The zero-order chi connectivity index (χ0) is 14.9. The fraction of sp³-hybridized carbons (Fsp3) is 0.526. The predicted molar refractivity (Wildman–Crippen MR) is 85.0 cm³/mol. The number of hydrogen-bond acceptors (Lipinski definition) is 1. The first-order valence-electron chi connectivity index (χ1n) is 8.12. The zero-order valence-corrected chi connectivity index (χ0v) is 12.6. The molecule has 21 heavy (non-hydrogen) atoms. The van der Waals surface area contributed by atoms with E-state index in [1.165, 1.54) is 5.56 Å². The van der Waals surface area contributed by atoms with Crippen molar-refractivity contribution in [2.24, 2.45) is 5.92 Å². The van der Waals surface area contributed by atoms with Gasteiger partial charge in [-0.05, 0) is 50.0 Å². The molecule has 2 heteroatoms. The lowest BCUT2D eigenvalue weighted by atomic mass is 9.88. The van der Waals surface area contributed by atoms with Gasteiger partial charge in [0, 0.05) is 12.8 Å². The van der Waals surface area contributed by atoms with Gasteiger partial charge in [-0.2, -0.15) is 0 Å². The second-order valence-electron chi connectivity index (χ2n) is 6.03. The van der Waals surface area contributed by atoms with Gasteiger partial charge in [-0.1, -0.05) is 42.5 Å². The number of alkyl halides is 1. The Bertz CT molecular complexity index is 452. The molecule has 0 aliphatic heterocycles. The summed E-state index contributed by atoms with van der Waals surface area (Å²) in [4.78, 5) is 11.3. The number of aryl methyl sites for hydroxylation is 1. The molecule has 2 rings (SSSR count). The van der Waals surface area contributed by atoms with E-state index in [9.17, 15) is 9.18 Å². The summed E-state index contributed by atoms with van der Waals surface area (Å²) in [5.41, 5.74) is 1.32. The standard InChI is InChI=1S/C19H25FO/c20-18(14-13-17-10-6-12-19(21)15-17)11-5-4-9-16-7-2-1-3-8-16/h1-3,7-8,13-14,17-18H,4-6,9-12,15H2/b14-13+. The molecule has 1 aliphatic rings. The summed E-state index contributed by atoms with van der Waals surface area (Å²) in [5.74, 6) is 0.600. The summed E-state index contributed by atoms with van der Waals surface area (Å²) in [7, 11) is 0. The van der Waals surface area contributed by atoms with Crippen LogP contribution >= 0.6 is 0 Å². The zero-order valence-electron chi connectivity index (χ0n) is 12.6. The minimum atomic E-state index is -0.863. The van der Waals surface area contributed by atoms with Crippen LogP contribution in [0.2, 0.25) is 0 Å². The van der Waals surface area contributed by atoms with Crippen molar-refractivity contribution in [1.82, 2.24) is 0 Å². The largest absolute Gasteiger partial charge is 0.300 e. The van der Waals surface area contributed by atoms with E-state index < -0.39 is 6.17 Å². The molecule has 114 valence electrons. The molecule has 0 spiro atoms. The van der Waals surface area contributed by atoms with Crippen LogP contribution in [0.3, 0.4) is 0 Å². The van der Waals surface area contributed by atoms with Crippen molar-refractivity contribution in [3.63, 3.8) is 0 Å². The van der Waals surface area contributed by atoms with Crippen LogP contribution in [0.4, 0.5) is 4.39 Å². The van der Waals surface area contributed by atoms with E-state index in [0.29, 0.717) is 25.0 Å². The highest BCUT2D eigenvalue weighted by Crippen LogP contribution is 2.23. The summed E-state index contributed by atoms with van der Waals surface area (Å²) in [5, 5.41) is 0. The summed E-state index contributed by atoms with van der Waals surface area (Å²) >= 11 is 0. The average molecular weight is 288 g/mol. The van der Waals surface area contributed by atoms with Crippen LogP contribution in [0.15, 0.2) is 42.5 Å². The minimum absolute atomic E-state index is 0.272. The van der Waals surface area contributed by atoms with E-state index in [2.05, 4.69) is 12.1 Å². The summed E-state index contributed by atoms with van der Waals surface area (Å²) in [6.07, 6.45) is 9.59. The number of carbonyl (C=O) groups excluding carboxylic acids is 1. The highest BCUT2D eigenvalue weighted by Gasteiger charge is 2.17. The molecule has 1 aliphatic carbocycles. The van der Waals surface area contributed by atoms with Gasteiger partial charge in [0.15, 0.2) is 0 Å². The second-order valence-corrected chi connectivity index (χ2v) is 6.03. The number of halogens is 1. The molecule has 0 N–H and O–H groups in total. The lowest BCUT2D eigenvalue weighted by Crippen LogP contribution is -2.13. The predicted octanol–water partition coefficient (Wildman–Crippen LogP) is 5.05. The number of allylic oxidation sites excluding steroid dienone is 2. The van der Waals surface area contributed by atoms with E-state index in [4.69, 9.17) is 0 Å². The monoisotopic (exact) mass is 288 g/mol. The fourth-order valence-corrected chi connectivity index (χ4v) is 2.91. The maximum Gasteiger partial charge on any atom is 0.133 e. The van der Waals surface area contributed by atoms with Gasteiger partial charge in [0.1, 0.15) is 12.0 Å². The van der Waals surface area contributed by atoms with E-state index in [1.54, 1.807) is 6.08 Å². The quantitative estimate of drug-likeness (QED) is 0.506. The maximum atomic E-state index is 13.8. The van der Waals surface area contributed by atoms with Crippen LogP contribution in [-0.2, 0) is 11.2 Å². The smallest absolute Gasteiger partial charge is 0.133 e. The minimum Gasteiger partial charge on any atom is -0.300 e. The topological polar surface area (TPSA) is 17.1 Å². The van der Waals surface area contributed by atoms with E-state index in [1.807, 2.05) is 24.3 Å². The highest BCUT2D eigenvalue weighted by molar-refractivity contribution is 5.79. The number of unbranched alkanes of at least 4 members (excludes halogenated alkanes) is 1. The molecular formula is C19H25FO. The molecule has 0 heterocycles. The molecule has 1 fully saturated rings. The number of rotatable bonds is 7. The number of hydrogen-bond donors (Lipinski definition) is 0. The molecule has 0 saturated heterocycles. The molecule has 1 saturated carbocycles. The third kappa shape index (κ3) is 6.24. The van der Waals surface area contributed by atoms with Gasteiger partial charge >= 0.3 is 0 Å². The summed E-state index contributed by atoms with van der Waals surface area (Å²) in [6, 6.07) is 10.3. The van der Waals surface area contributed by atoms with Gasteiger partial charge in [0.2, 0.25) is 0 Å². The molecule has 0 aromatic heterocycles. The van der Waals surface area contributed by atoms with Crippen LogP contribution in [0.25, 0.3) is 0 Å². The van der Waals surface area contributed by atoms with Crippen LogP contribution < -0.4 is 0 Å². The Labute approximate surface area is 127 Å². The molecule has 2 unspecified atom stereocenters. The van der Waals surface area contributed by atoms with Crippen molar-refractivity contribution < 1.29 is 9.18 Å². The van der Waals surface area contributed by atoms with Gasteiger partial charge < -0.3 is 0 Å². The first-order chi connectivity index (χ1) is 10.2. The summed E-state index contributed by atoms with van der Waals surface area (Å²) in [6.45, 7) is 0. The van der Waals surface area contributed by atoms with Crippen molar-refractivity contribution in [3.8, 4) is 0 Å². The van der Waals surface area contributed by atoms with Gasteiger partial charge in [-0.15, -0.1) is 0 Å². The Hall–Kier alpha value is -1.44. The molecule has 1 nitrogen and oxygen atoms in total. The third-order valence-electron chi connectivity index (χ3n) is 4.15. The number of carbonyl (C=O) groups is 1. The summed E-state index contributed by atoms with van der Waals surface area (Å²) < 4.78 is 13.8. The van der Waals surface area contributed by atoms with Gasteiger partial charge in [0.05, 0.1) is 0 Å². The lowest BCUT2D eigenvalue weighted by Gasteiger charge is -2.17. The Kier molecular flexibility index (Phi) is 6.65. The van der Waals surface area contributed by atoms with Crippen LogP contribution in [0.1, 0.15) is 50.5 Å². The van der Waals surface area contributed by atoms with Gasteiger partial charge in [-0.25, -0.2) is 4.39 Å². The van der Waals surface area contributed by atoms with Crippen molar-refractivity contribution in [1.29, 1.82) is 0 Å². The first kappa shape index (κ1) is 15.9. The molecule has 2 atom stereocenters. The lowest BCUT2D eigenvalue weighted by molar-refractivity contribution is -0.121. The van der Waals surface area contributed by atoms with Crippen LogP contribution in [-0.4, -0.2) is 12.0 Å². The first-order valence-corrected chi connectivity index (χ1v) is 8.12. The Morgan fingerprint density at radius 3 is 2.81 bits per heavy atom. The maximum absolute atomic E-state index is 13.8. The third-order valence-corrected chi connectivity index (χ3v) is 4.15. The number of benzene rings is 1. The van der Waals surface area contributed by atoms with Crippen LogP contribution in [0.5, 0.6) is 0 Å². The van der Waals surface area contributed by atoms with Crippen molar-refractivity contribution in [2.75, 3.05) is 0 Å². The SMILES string of the molecule is O=C1CCCC(/C=C/C(F)CCCCc2ccccc2)C1. The van der Waals surface area contributed by atoms with Crippen molar-refractivity contribution in [3.05, 3.63) is 48.0 Å².